The van der Waals surface area contributed by atoms with Crippen LogP contribution >= 0.6 is 0 Å². The Balaban J connectivity index is 1.48. The van der Waals surface area contributed by atoms with Gasteiger partial charge in [-0.25, -0.2) is 0 Å². The molecule has 2 atom stereocenters. The van der Waals surface area contributed by atoms with E-state index < -0.39 is 6.10 Å². The van der Waals surface area contributed by atoms with Crippen LogP contribution in [0.25, 0.3) is 0 Å². The molecule has 0 spiro atoms. The second-order valence-corrected chi connectivity index (χ2v) is 9.87. The van der Waals surface area contributed by atoms with Gasteiger partial charge in [0, 0.05) is 12.8 Å². The van der Waals surface area contributed by atoms with Crippen LogP contribution in [0.4, 0.5) is 0 Å². The Labute approximate surface area is 236 Å². The molecule has 0 unspecified atom stereocenters. The van der Waals surface area contributed by atoms with Crippen molar-refractivity contribution in [1.82, 2.24) is 0 Å². The van der Waals surface area contributed by atoms with Crippen LogP contribution < -0.4 is 0 Å². The predicted molar refractivity (Wildman–Crippen MR) is 162 cm³/mol. The van der Waals surface area contributed by atoms with Crippen LogP contribution in [0.15, 0.2) is 96.7 Å². The number of allylic oxidation sites excluding steroid dienone is 13. The van der Waals surface area contributed by atoms with Crippen molar-refractivity contribution in [1.29, 1.82) is 0 Å². The molecule has 1 aliphatic carbocycles. The number of esters is 1. The summed E-state index contributed by atoms with van der Waals surface area (Å²) in [4.78, 5) is 24.3. The second kappa shape index (κ2) is 21.9. The van der Waals surface area contributed by atoms with Crippen LogP contribution in [0, 0.1) is 0 Å². The van der Waals surface area contributed by atoms with Gasteiger partial charge in [0.05, 0.1) is 0 Å². The van der Waals surface area contributed by atoms with Gasteiger partial charge in [0.2, 0.25) is 0 Å². The van der Waals surface area contributed by atoms with E-state index in [9.17, 15) is 9.59 Å². The smallest absolute Gasteiger partial charge is 0.306 e. The van der Waals surface area contributed by atoms with Gasteiger partial charge in [-0.05, 0) is 82.8 Å². The first-order valence-electron chi connectivity index (χ1n) is 14.8. The van der Waals surface area contributed by atoms with Crippen LogP contribution in [0.2, 0.25) is 0 Å². The van der Waals surface area contributed by atoms with E-state index in [4.69, 9.17) is 9.47 Å². The average Bonchev–Trinajstić information content (AvgIpc) is 2.95. The van der Waals surface area contributed by atoms with E-state index in [0.717, 1.165) is 51.4 Å². The Morgan fingerprint density at radius 2 is 1.46 bits per heavy atom. The Morgan fingerprint density at radius 1 is 0.872 bits per heavy atom. The van der Waals surface area contributed by atoms with Crippen molar-refractivity contribution < 1.29 is 19.1 Å². The second-order valence-electron chi connectivity index (χ2n) is 9.87. The Hall–Kier alpha value is -2.98. The molecule has 0 saturated carbocycles. The van der Waals surface area contributed by atoms with E-state index in [1.165, 1.54) is 18.4 Å². The molecule has 0 saturated heterocycles. The van der Waals surface area contributed by atoms with Gasteiger partial charge in [-0.15, -0.1) is 0 Å². The van der Waals surface area contributed by atoms with Gasteiger partial charge in [-0.1, -0.05) is 91.5 Å². The van der Waals surface area contributed by atoms with Gasteiger partial charge in [0.15, 0.2) is 5.78 Å². The lowest BCUT2D eigenvalue weighted by molar-refractivity contribution is -0.149. The molecule has 0 radical (unpaired) electrons. The summed E-state index contributed by atoms with van der Waals surface area (Å²) >= 11 is 0. The predicted octanol–water partition coefficient (Wildman–Crippen LogP) is 8.79. The van der Waals surface area contributed by atoms with Crippen LogP contribution in [-0.2, 0) is 19.1 Å². The molecule has 0 N–H and O–H groups in total. The zero-order chi connectivity index (χ0) is 27.8. The van der Waals surface area contributed by atoms with Crippen molar-refractivity contribution >= 4 is 11.8 Å². The lowest BCUT2D eigenvalue weighted by Gasteiger charge is -2.26. The topological polar surface area (TPSA) is 52.6 Å². The zero-order valence-corrected chi connectivity index (χ0v) is 23.8. The van der Waals surface area contributed by atoms with Crippen molar-refractivity contribution in [2.75, 3.05) is 6.61 Å². The molecule has 0 bridgehead atoms. The first-order valence-corrected chi connectivity index (χ1v) is 14.8. The van der Waals surface area contributed by atoms with Gasteiger partial charge >= 0.3 is 5.97 Å². The molecule has 2 aliphatic rings. The van der Waals surface area contributed by atoms with E-state index >= 15 is 0 Å². The van der Waals surface area contributed by atoms with Crippen LogP contribution in [0.1, 0.15) is 90.4 Å². The third-order valence-corrected chi connectivity index (χ3v) is 6.48. The number of ketones is 1. The first-order chi connectivity index (χ1) is 19.2. The number of hydrogen-bond donors (Lipinski definition) is 0. The van der Waals surface area contributed by atoms with E-state index in [2.05, 4.69) is 79.8 Å². The lowest BCUT2D eigenvalue weighted by Crippen LogP contribution is -2.35. The molecule has 212 valence electrons. The number of carbonyl (C=O) groups is 2. The van der Waals surface area contributed by atoms with Crippen LogP contribution in [0.3, 0.4) is 0 Å². The summed E-state index contributed by atoms with van der Waals surface area (Å²) < 4.78 is 11.3. The highest BCUT2D eigenvalue weighted by molar-refractivity contribution is 5.94. The maximum Gasteiger partial charge on any atom is 0.306 e. The van der Waals surface area contributed by atoms with Crippen molar-refractivity contribution in [3.63, 3.8) is 0 Å². The molecule has 0 amide bonds. The van der Waals surface area contributed by atoms with E-state index in [0.29, 0.717) is 19.3 Å². The molecule has 39 heavy (non-hydrogen) atoms. The maximum atomic E-state index is 12.2. The molecular formula is C35H48O4. The molecule has 1 heterocycles. The Bertz CT molecular complexity index is 942. The van der Waals surface area contributed by atoms with Gasteiger partial charge in [0.1, 0.15) is 18.8 Å². The van der Waals surface area contributed by atoms with Crippen LogP contribution in [-0.4, -0.2) is 30.6 Å². The van der Waals surface area contributed by atoms with Gasteiger partial charge in [-0.2, -0.15) is 0 Å². The summed E-state index contributed by atoms with van der Waals surface area (Å²) in [5.41, 5.74) is 1.31. The highest BCUT2D eigenvalue weighted by atomic mass is 16.6. The Kier molecular flexibility index (Phi) is 18.1. The van der Waals surface area contributed by atoms with Gasteiger partial charge in [-0.3, -0.25) is 9.59 Å². The minimum absolute atomic E-state index is 0.00157. The number of rotatable bonds is 18. The molecule has 0 aromatic heterocycles. The van der Waals surface area contributed by atoms with Gasteiger partial charge in [0.25, 0.3) is 0 Å². The minimum Gasteiger partial charge on any atom is -0.463 e. The molecular weight excluding hydrogens is 484 g/mol. The fourth-order valence-electron chi connectivity index (χ4n) is 4.29. The maximum absolute atomic E-state index is 12.2. The first kappa shape index (κ1) is 32.2. The monoisotopic (exact) mass is 532 g/mol. The number of hydrogen-bond acceptors (Lipinski definition) is 4. The van der Waals surface area contributed by atoms with Crippen molar-refractivity contribution in [2.45, 2.75) is 103 Å². The van der Waals surface area contributed by atoms with Crippen molar-refractivity contribution in [2.24, 2.45) is 0 Å². The van der Waals surface area contributed by atoms with E-state index in [1.54, 1.807) is 12.2 Å². The highest BCUT2D eigenvalue weighted by Crippen LogP contribution is 2.25. The van der Waals surface area contributed by atoms with Crippen molar-refractivity contribution in [3.8, 4) is 0 Å². The Morgan fingerprint density at radius 3 is 2.03 bits per heavy atom. The van der Waals surface area contributed by atoms with E-state index in [-0.39, 0.29) is 24.5 Å². The SMILES string of the molecule is CC/C=C\C/C=C\C/C=C\C/C=C\C/C=C\C/C=C\CCC(=O)OC[C@@H]1C=CC(=O)[C@@H](CC2=CCCCC2)O1. The quantitative estimate of drug-likeness (QED) is 0.131. The van der Waals surface area contributed by atoms with Gasteiger partial charge < -0.3 is 9.47 Å². The van der Waals surface area contributed by atoms with Crippen LogP contribution in [0.5, 0.6) is 0 Å². The fraction of sp³-hybridized carbons (Fsp3) is 0.486. The molecule has 0 aromatic carbocycles. The third-order valence-electron chi connectivity index (χ3n) is 6.48. The minimum atomic E-state index is -0.457. The largest absolute Gasteiger partial charge is 0.463 e. The third kappa shape index (κ3) is 16.6. The van der Waals surface area contributed by atoms with E-state index in [1.807, 2.05) is 6.08 Å². The molecule has 0 fully saturated rings. The zero-order valence-electron chi connectivity index (χ0n) is 23.8. The summed E-state index contributed by atoms with van der Waals surface area (Å²) in [5.74, 6) is -0.239. The van der Waals surface area contributed by atoms with Crippen molar-refractivity contribution in [3.05, 3.63) is 96.7 Å². The molecule has 0 aromatic rings. The summed E-state index contributed by atoms with van der Waals surface area (Å²) in [7, 11) is 0. The summed E-state index contributed by atoms with van der Waals surface area (Å²) in [6.45, 7) is 2.30. The summed E-state index contributed by atoms with van der Waals surface area (Å²) in [6, 6.07) is 0. The average molecular weight is 533 g/mol. The summed E-state index contributed by atoms with van der Waals surface area (Å²) in [5, 5.41) is 0. The highest BCUT2D eigenvalue weighted by Gasteiger charge is 2.27. The number of ether oxygens (including phenoxy) is 2. The molecule has 2 rings (SSSR count). The number of carbonyl (C=O) groups excluding carboxylic acids is 2. The lowest BCUT2D eigenvalue weighted by atomic mass is 9.93. The standard InChI is InChI=1S/C35H48O4/c1-2-3-4-5-6-7-8-9-10-11-12-13-14-15-16-17-18-19-23-26-35(37)38-30-32-27-28-33(36)34(39-32)29-31-24-21-20-22-25-31/h3-4,6-7,9-10,12-13,15-16,18-19,24,27-28,32,34H,2,5,8,11,14,17,20-23,25-26,29-30H2,1H3/b4-3-,7-6-,10-9-,13-12-,16-15-,19-18-/t32-,34+/m0/s1. The summed E-state index contributed by atoms with van der Waals surface area (Å²) in [6.07, 6.45) is 42.7. The fourth-order valence-corrected chi connectivity index (χ4v) is 4.29. The normalized spacial score (nSPS) is 20.5. The molecule has 4 heteroatoms. The molecule has 1 aliphatic heterocycles. The molecule has 4 nitrogen and oxygen atoms in total.